The second-order valence-electron chi connectivity index (χ2n) is 7.29. The van der Waals surface area contributed by atoms with Gasteiger partial charge in [0.2, 0.25) is 0 Å². The second-order valence-corrected chi connectivity index (χ2v) is 12.9. The summed E-state index contributed by atoms with van der Waals surface area (Å²) < 4.78 is 7.69. The maximum absolute atomic E-state index is 6.62. The van der Waals surface area contributed by atoms with E-state index < -0.39 is 8.32 Å². The van der Waals surface area contributed by atoms with Crippen LogP contribution in [0, 0.1) is 0 Å². The first-order chi connectivity index (χ1) is 10.7. The van der Waals surface area contributed by atoms with Crippen molar-refractivity contribution in [1.29, 1.82) is 0 Å². The average molecular weight is 389 g/mol. The molecule has 0 fully saturated rings. The summed E-state index contributed by atoms with van der Waals surface area (Å²) in [6.07, 6.45) is 2.14. The zero-order chi connectivity index (χ0) is 17.1. The molecule has 23 heavy (non-hydrogen) atoms. The van der Waals surface area contributed by atoms with Gasteiger partial charge in [0.1, 0.15) is 5.76 Å². The molecule has 0 spiro atoms. The lowest BCUT2D eigenvalue weighted by Crippen LogP contribution is -2.40. The maximum atomic E-state index is 6.62. The quantitative estimate of drug-likeness (QED) is 0.312. The largest absolute Gasteiger partial charge is 0.543 e. The Morgan fingerprint density at radius 3 is 2.04 bits per heavy atom. The van der Waals surface area contributed by atoms with Gasteiger partial charge < -0.3 is 4.43 Å². The SMILES string of the molecule is CC(C)(C)[Si](C)(C)O/C(=C\c1ccccc1)c1ccc(Br)cc1. The van der Waals surface area contributed by atoms with Crippen molar-refractivity contribution in [3.63, 3.8) is 0 Å². The molecule has 3 heteroatoms. The fourth-order valence-corrected chi connectivity index (χ4v) is 3.21. The summed E-state index contributed by atoms with van der Waals surface area (Å²) in [7, 11) is -1.90. The van der Waals surface area contributed by atoms with Gasteiger partial charge in [-0.3, -0.25) is 0 Å². The second kappa shape index (κ2) is 7.06. The van der Waals surface area contributed by atoms with Gasteiger partial charge in [0.15, 0.2) is 0 Å². The Hall–Kier alpha value is -1.32. The predicted octanol–water partition coefficient (Wildman–Crippen LogP) is 6.97. The summed E-state index contributed by atoms with van der Waals surface area (Å²) in [5.41, 5.74) is 2.27. The van der Waals surface area contributed by atoms with Crippen LogP contribution >= 0.6 is 15.9 Å². The van der Waals surface area contributed by atoms with Crippen LogP contribution in [0.15, 0.2) is 59.1 Å². The van der Waals surface area contributed by atoms with Crippen LogP contribution in [0.1, 0.15) is 31.9 Å². The number of benzene rings is 2. The topological polar surface area (TPSA) is 9.23 Å². The Morgan fingerprint density at radius 1 is 0.957 bits per heavy atom. The fourth-order valence-electron chi connectivity index (χ4n) is 1.91. The van der Waals surface area contributed by atoms with Crippen molar-refractivity contribution in [2.24, 2.45) is 0 Å². The van der Waals surface area contributed by atoms with E-state index in [-0.39, 0.29) is 5.04 Å². The summed E-state index contributed by atoms with van der Waals surface area (Å²) in [6, 6.07) is 18.7. The normalized spacial score (nSPS) is 13.0. The minimum Gasteiger partial charge on any atom is -0.543 e. The molecular weight excluding hydrogens is 364 g/mol. The van der Waals surface area contributed by atoms with Crippen LogP contribution in [-0.4, -0.2) is 8.32 Å². The van der Waals surface area contributed by atoms with E-state index in [0.29, 0.717) is 0 Å². The zero-order valence-corrected chi connectivity index (χ0v) is 17.1. The van der Waals surface area contributed by atoms with E-state index in [4.69, 9.17) is 4.43 Å². The van der Waals surface area contributed by atoms with Crippen molar-refractivity contribution in [3.05, 3.63) is 70.2 Å². The lowest BCUT2D eigenvalue weighted by molar-refractivity contribution is 0.460. The molecule has 0 amide bonds. The van der Waals surface area contributed by atoms with Crippen molar-refractivity contribution in [1.82, 2.24) is 0 Å². The molecule has 0 aliphatic heterocycles. The molecular formula is C20H25BrOSi. The van der Waals surface area contributed by atoms with Gasteiger partial charge in [0.25, 0.3) is 8.32 Å². The molecule has 2 aromatic carbocycles. The summed E-state index contributed by atoms with van der Waals surface area (Å²) in [6.45, 7) is 11.4. The highest BCUT2D eigenvalue weighted by molar-refractivity contribution is 9.10. The number of hydrogen-bond acceptors (Lipinski definition) is 1. The van der Waals surface area contributed by atoms with E-state index in [0.717, 1.165) is 21.4 Å². The summed E-state index contributed by atoms with van der Waals surface area (Å²) >= 11 is 3.50. The van der Waals surface area contributed by atoms with Crippen LogP contribution in [0.5, 0.6) is 0 Å². The minimum atomic E-state index is -1.90. The van der Waals surface area contributed by atoms with Gasteiger partial charge in [0, 0.05) is 10.0 Å². The van der Waals surface area contributed by atoms with Crippen LogP contribution in [0.2, 0.25) is 18.1 Å². The first kappa shape index (κ1) is 18.0. The molecule has 0 bridgehead atoms. The highest BCUT2D eigenvalue weighted by atomic mass is 79.9. The van der Waals surface area contributed by atoms with Crippen molar-refractivity contribution in [2.45, 2.75) is 38.9 Å². The standard InChI is InChI=1S/C20H25BrOSi/c1-20(2,3)23(4,5)22-19(15-16-9-7-6-8-10-16)17-11-13-18(21)14-12-17/h6-15H,1-5H3/b19-15-. The molecule has 2 rings (SSSR count). The van der Waals surface area contributed by atoms with Crippen LogP contribution in [0.3, 0.4) is 0 Å². The van der Waals surface area contributed by atoms with Crippen molar-refractivity contribution in [2.75, 3.05) is 0 Å². The van der Waals surface area contributed by atoms with E-state index in [1.807, 2.05) is 6.07 Å². The number of rotatable bonds is 4. The van der Waals surface area contributed by atoms with Gasteiger partial charge in [-0.25, -0.2) is 0 Å². The van der Waals surface area contributed by atoms with Crippen LogP contribution in [0.25, 0.3) is 11.8 Å². The highest BCUT2D eigenvalue weighted by Crippen LogP contribution is 2.40. The molecule has 2 aromatic rings. The first-order valence-electron chi connectivity index (χ1n) is 7.91. The lowest BCUT2D eigenvalue weighted by atomic mass is 10.1. The van der Waals surface area contributed by atoms with Crippen LogP contribution in [-0.2, 0) is 4.43 Å². The Kier molecular flexibility index (Phi) is 5.53. The van der Waals surface area contributed by atoms with E-state index in [2.05, 4.69) is 104 Å². The molecule has 0 heterocycles. The van der Waals surface area contributed by atoms with Crippen molar-refractivity contribution >= 4 is 36.1 Å². The number of halogens is 1. The third kappa shape index (κ3) is 4.82. The van der Waals surface area contributed by atoms with Gasteiger partial charge in [0.05, 0.1) is 0 Å². The van der Waals surface area contributed by atoms with Gasteiger partial charge in [-0.1, -0.05) is 79.2 Å². The molecule has 122 valence electrons. The maximum Gasteiger partial charge on any atom is 0.250 e. The first-order valence-corrected chi connectivity index (χ1v) is 11.6. The molecule has 0 aromatic heterocycles. The van der Waals surface area contributed by atoms with Gasteiger partial charge in [-0.15, -0.1) is 0 Å². The van der Waals surface area contributed by atoms with E-state index in [1.54, 1.807) is 0 Å². The Bertz CT molecular complexity index is 667. The van der Waals surface area contributed by atoms with Crippen LogP contribution in [0.4, 0.5) is 0 Å². The highest BCUT2D eigenvalue weighted by Gasteiger charge is 2.39. The Balaban J connectivity index is 2.44. The molecule has 0 saturated heterocycles. The van der Waals surface area contributed by atoms with Crippen molar-refractivity contribution < 1.29 is 4.43 Å². The van der Waals surface area contributed by atoms with Gasteiger partial charge in [-0.2, -0.15) is 0 Å². The van der Waals surface area contributed by atoms with E-state index in [1.165, 1.54) is 0 Å². The monoisotopic (exact) mass is 388 g/mol. The zero-order valence-electron chi connectivity index (χ0n) is 14.6. The smallest absolute Gasteiger partial charge is 0.250 e. The third-order valence-corrected chi connectivity index (χ3v) is 9.27. The predicted molar refractivity (Wildman–Crippen MR) is 107 cm³/mol. The van der Waals surface area contributed by atoms with Gasteiger partial charge in [-0.05, 0) is 41.9 Å². The van der Waals surface area contributed by atoms with Crippen molar-refractivity contribution in [3.8, 4) is 0 Å². The molecule has 0 radical (unpaired) electrons. The molecule has 0 saturated carbocycles. The fraction of sp³-hybridized carbons (Fsp3) is 0.300. The average Bonchev–Trinajstić information content (AvgIpc) is 2.47. The van der Waals surface area contributed by atoms with Gasteiger partial charge >= 0.3 is 0 Å². The Morgan fingerprint density at radius 2 is 1.52 bits per heavy atom. The Labute approximate surface area is 149 Å². The molecule has 0 atom stereocenters. The summed E-state index contributed by atoms with van der Waals surface area (Å²) in [5, 5.41) is 0.165. The lowest BCUT2D eigenvalue weighted by Gasteiger charge is -2.37. The molecule has 0 unspecified atom stereocenters. The third-order valence-electron chi connectivity index (χ3n) is 4.40. The molecule has 0 aliphatic rings. The number of hydrogen-bond donors (Lipinski definition) is 0. The van der Waals surface area contributed by atoms with E-state index >= 15 is 0 Å². The molecule has 0 N–H and O–H groups in total. The minimum absolute atomic E-state index is 0.165. The summed E-state index contributed by atoms with van der Waals surface area (Å²) in [4.78, 5) is 0. The van der Waals surface area contributed by atoms with E-state index in [9.17, 15) is 0 Å². The molecule has 0 aliphatic carbocycles. The molecule has 1 nitrogen and oxygen atoms in total. The van der Waals surface area contributed by atoms with Crippen LogP contribution < -0.4 is 0 Å². The summed E-state index contributed by atoms with van der Waals surface area (Å²) in [5.74, 6) is 0.954.